The number of aryl methyl sites for hydroxylation is 2. The van der Waals surface area contributed by atoms with Crippen LogP contribution in [0.15, 0.2) is 46.1 Å². The summed E-state index contributed by atoms with van der Waals surface area (Å²) in [6, 6.07) is 5.27. The van der Waals surface area contributed by atoms with E-state index in [2.05, 4.69) is 10.1 Å². The molecule has 0 aliphatic heterocycles. The molecule has 0 unspecified atom stereocenters. The second kappa shape index (κ2) is 5.81. The molecule has 24 heavy (non-hydrogen) atoms. The van der Waals surface area contributed by atoms with Crippen molar-refractivity contribution >= 4 is 10.1 Å². The third-order valence-corrected chi connectivity index (χ3v) is 4.40. The highest BCUT2D eigenvalue weighted by molar-refractivity contribution is 7.85. The van der Waals surface area contributed by atoms with Gasteiger partial charge in [0.1, 0.15) is 22.2 Å². The first kappa shape index (κ1) is 16.3. The van der Waals surface area contributed by atoms with E-state index in [1.165, 1.54) is 6.07 Å². The van der Waals surface area contributed by atoms with Crippen LogP contribution < -0.4 is 0 Å². The molecule has 0 radical (unpaired) electrons. The van der Waals surface area contributed by atoms with Crippen molar-refractivity contribution in [1.82, 2.24) is 10.1 Å². The molecule has 3 aromatic rings. The minimum Gasteiger partial charge on any atom is -0.360 e. The van der Waals surface area contributed by atoms with Crippen molar-refractivity contribution in [2.75, 3.05) is 0 Å². The van der Waals surface area contributed by atoms with Gasteiger partial charge >= 0.3 is 0 Å². The Labute approximate surface area is 137 Å². The number of hydrogen-bond donors (Lipinski definition) is 1. The third kappa shape index (κ3) is 2.93. The van der Waals surface area contributed by atoms with Crippen LogP contribution >= 0.6 is 0 Å². The Morgan fingerprint density at radius 2 is 1.88 bits per heavy atom. The highest BCUT2D eigenvalue weighted by atomic mass is 32.2. The molecule has 0 atom stereocenters. The van der Waals surface area contributed by atoms with Gasteiger partial charge in [-0.15, -0.1) is 0 Å². The summed E-state index contributed by atoms with van der Waals surface area (Å²) in [7, 11) is -4.62. The zero-order valence-corrected chi connectivity index (χ0v) is 13.6. The quantitative estimate of drug-likeness (QED) is 0.729. The summed E-state index contributed by atoms with van der Waals surface area (Å²) in [5.41, 5.74) is 3.01. The predicted octanol–water partition coefficient (Wildman–Crippen LogP) is 3.41. The molecule has 0 amide bonds. The molecule has 2 aromatic heterocycles. The van der Waals surface area contributed by atoms with E-state index < -0.39 is 20.8 Å². The van der Waals surface area contributed by atoms with Crippen molar-refractivity contribution in [3.63, 3.8) is 0 Å². The van der Waals surface area contributed by atoms with Crippen LogP contribution in [0.1, 0.15) is 11.3 Å². The van der Waals surface area contributed by atoms with Gasteiger partial charge in [0, 0.05) is 18.0 Å². The van der Waals surface area contributed by atoms with Crippen LogP contribution in [0, 0.1) is 19.7 Å². The summed E-state index contributed by atoms with van der Waals surface area (Å²) < 4.78 is 50.5. The number of halogens is 1. The standard InChI is InChI=1S/C16H13FN2O4S/c1-9-5-12(8-18-7-9)16-15(10(2)23-19-16)11-3-4-14(13(17)6-11)24(20,21)22/h3-8H,1-2H3,(H,20,21,22). The molecule has 124 valence electrons. The molecule has 3 rings (SSSR count). The van der Waals surface area contributed by atoms with Gasteiger partial charge in [0.05, 0.1) is 5.56 Å². The van der Waals surface area contributed by atoms with Crippen molar-refractivity contribution in [1.29, 1.82) is 0 Å². The van der Waals surface area contributed by atoms with Gasteiger partial charge in [-0.05, 0) is 43.2 Å². The molecular weight excluding hydrogens is 335 g/mol. The Balaban J connectivity index is 2.18. The maximum Gasteiger partial charge on any atom is 0.297 e. The number of hydrogen-bond acceptors (Lipinski definition) is 5. The first-order valence-electron chi connectivity index (χ1n) is 6.93. The smallest absolute Gasteiger partial charge is 0.297 e. The van der Waals surface area contributed by atoms with Gasteiger partial charge in [0.2, 0.25) is 0 Å². The fourth-order valence-corrected chi connectivity index (χ4v) is 3.00. The van der Waals surface area contributed by atoms with Gasteiger partial charge in [-0.2, -0.15) is 8.42 Å². The van der Waals surface area contributed by atoms with E-state index in [0.29, 0.717) is 28.1 Å². The average Bonchev–Trinajstić information content (AvgIpc) is 2.87. The van der Waals surface area contributed by atoms with Crippen LogP contribution in [-0.2, 0) is 10.1 Å². The number of nitrogens with zero attached hydrogens (tertiary/aromatic N) is 2. The first-order valence-corrected chi connectivity index (χ1v) is 8.37. The minimum atomic E-state index is -4.62. The number of benzene rings is 1. The monoisotopic (exact) mass is 348 g/mol. The lowest BCUT2D eigenvalue weighted by Crippen LogP contribution is -2.01. The van der Waals surface area contributed by atoms with E-state index in [1.54, 1.807) is 19.3 Å². The van der Waals surface area contributed by atoms with Crippen LogP contribution in [-0.4, -0.2) is 23.1 Å². The molecule has 0 saturated carbocycles. The topological polar surface area (TPSA) is 93.3 Å². The molecule has 1 aromatic carbocycles. The van der Waals surface area contributed by atoms with Gasteiger partial charge in [-0.3, -0.25) is 9.54 Å². The summed E-state index contributed by atoms with van der Waals surface area (Å²) in [5.74, 6) is -0.602. The number of pyridine rings is 1. The van der Waals surface area contributed by atoms with E-state index in [9.17, 15) is 12.8 Å². The molecular formula is C16H13FN2O4S. The van der Waals surface area contributed by atoms with Crippen LogP contribution in [0.3, 0.4) is 0 Å². The van der Waals surface area contributed by atoms with Crippen molar-refractivity contribution in [3.05, 3.63) is 53.8 Å². The van der Waals surface area contributed by atoms with Crippen LogP contribution in [0.5, 0.6) is 0 Å². The molecule has 1 N–H and O–H groups in total. The van der Waals surface area contributed by atoms with Gasteiger partial charge in [0.25, 0.3) is 10.1 Å². The maximum absolute atomic E-state index is 14.1. The SMILES string of the molecule is Cc1cncc(-c2noc(C)c2-c2ccc(S(=O)(=O)O)c(F)c2)c1. The van der Waals surface area contributed by atoms with Crippen molar-refractivity contribution in [2.45, 2.75) is 18.7 Å². The van der Waals surface area contributed by atoms with Gasteiger partial charge in [0.15, 0.2) is 0 Å². The fraction of sp³-hybridized carbons (Fsp3) is 0.125. The lowest BCUT2D eigenvalue weighted by atomic mass is 10.00. The van der Waals surface area contributed by atoms with Gasteiger partial charge in [-0.1, -0.05) is 11.2 Å². The lowest BCUT2D eigenvalue weighted by molar-refractivity contribution is 0.400. The summed E-state index contributed by atoms with van der Waals surface area (Å²) in [5, 5.41) is 4.00. The lowest BCUT2D eigenvalue weighted by Gasteiger charge is -2.06. The predicted molar refractivity (Wildman–Crippen MR) is 84.4 cm³/mol. The molecule has 8 heteroatoms. The van der Waals surface area contributed by atoms with E-state index in [4.69, 9.17) is 9.08 Å². The fourth-order valence-electron chi connectivity index (χ4n) is 2.46. The summed E-state index contributed by atoms with van der Waals surface area (Å²) >= 11 is 0. The normalized spacial score (nSPS) is 11.7. The van der Waals surface area contributed by atoms with E-state index in [-0.39, 0.29) is 0 Å². The Morgan fingerprint density at radius 1 is 1.12 bits per heavy atom. The highest BCUT2D eigenvalue weighted by Gasteiger charge is 2.21. The summed E-state index contributed by atoms with van der Waals surface area (Å²) in [6.45, 7) is 3.55. The Hall–Kier alpha value is -2.58. The molecule has 0 spiro atoms. The van der Waals surface area contributed by atoms with Gasteiger partial charge < -0.3 is 4.52 Å². The highest BCUT2D eigenvalue weighted by Crippen LogP contribution is 2.35. The van der Waals surface area contributed by atoms with Crippen LogP contribution in [0.4, 0.5) is 4.39 Å². The van der Waals surface area contributed by atoms with Crippen molar-refractivity contribution in [3.8, 4) is 22.4 Å². The molecule has 0 saturated heterocycles. The number of rotatable bonds is 3. The largest absolute Gasteiger partial charge is 0.360 e. The molecule has 6 nitrogen and oxygen atoms in total. The summed E-state index contributed by atoms with van der Waals surface area (Å²) in [6.07, 6.45) is 3.30. The van der Waals surface area contributed by atoms with E-state index >= 15 is 0 Å². The molecule has 0 aliphatic rings. The average molecular weight is 348 g/mol. The second-order valence-electron chi connectivity index (χ2n) is 5.33. The van der Waals surface area contributed by atoms with Crippen molar-refractivity contribution < 1.29 is 21.9 Å². The second-order valence-corrected chi connectivity index (χ2v) is 6.72. The Kier molecular flexibility index (Phi) is 3.94. The molecule has 0 aliphatic carbocycles. The van der Waals surface area contributed by atoms with Crippen LogP contribution in [0.2, 0.25) is 0 Å². The van der Waals surface area contributed by atoms with E-state index in [1.807, 2.05) is 13.0 Å². The van der Waals surface area contributed by atoms with E-state index in [0.717, 1.165) is 17.7 Å². The Morgan fingerprint density at radius 3 is 2.50 bits per heavy atom. The number of aromatic nitrogens is 2. The molecule has 2 heterocycles. The van der Waals surface area contributed by atoms with Crippen molar-refractivity contribution in [2.24, 2.45) is 0 Å². The first-order chi connectivity index (χ1) is 11.3. The minimum absolute atomic E-state index is 0.384. The summed E-state index contributed by atoms with van der Waals surface area (Å²) in [4.78, 5) is 3.32. The zero-order valence-electron chi connectivity index (χ0n) is 12.8. The third-order valence-electron chi connectivity index (χ3n) is 3.51. The van der Waals surface area contributed by atoms with Gasteiger partial charge in [-0.25, -0.2) is 4.39 Å². The maximum atomic E-state index is 14.1. The molecule has 0 fully saturated rings. The van der Waals surface area contributed by atoms with Crippen LogP contribution in [0.25, 0.3) is 22.4 Å². The zero-order chi connectivity index (χ0) is 17.5. The molecule has 0 bridgehead atoms. The Bertz CT molecular complexity index is 1030.